The fourth-order valence-electron chi connectivity index (χ4n) is 0.593. The van der Waals surface area contributed by atoms with Crippen molar-refractivity contribution in [1.29, 1.82) is 0 Å². The zero-order valence-electron chi connectivity index (χ0n) is 9.38. The van der Waals surface area contributed by atoms with Crippen molar-refractivity contribution in [2.45, 2.75) is 0 Å². The van der Waals surface area contributed by atoms with Crippen molar-refractivity contribution in [2.75, 3.05) is 0 Å². The molecule has 0 aromatic heterocycles. The molecule has 0 spiro atoms. The Bertz CT molecular complexity index is 424. The van der Waals surface area contributed by atoms with Crippen LogP contribution in [0.1, 0.15) is 0 Å². The molecule has 0 heterocycles. The summed E-state index contributed by atoms with van der Waals surface area (Å²) in [5.74, 6) is -0.363. The van der Waals surface area contributed by atoms with Crippen LogP contribution < -0.4 is 67.5 Å². The third-order valence-corrected chi connectivity index (χ3v) is 3.44. The van der Waals surface area contributed by atoms with Crippen LogP contribution in [0.5, 0.6) is 5.75 Å². The molecule has 5 nitrogen and oxygen atoms in total. The Balaban J connectivity index is -0.000000320. The summed E-state index contributed by atoms with van der Waals surface area (Å²) in [7, 11) is 0. The molecule has 13 heteroatoms. The van der Waals surface area contributed by atoms with Crippen LogP contribution in [0.2, 0.25) is 25.1 Å². The van der Waals surface area contributed by atoms with Crippen molar-refractivity contribution in [3.63, 3.8) is 0 Å². The van der Waals surface area contributed by atoms with E-state index in [0.717, 1.165) is 0 Å². The first-order chi connectivity index (χ1) is 7.46. The molecule has 0 aliphatic heterocycles. The third kappa shape index (κ3) is 10.00. The van der Waals surface area contributed by atoms with Gasteiger partial charge >= 0.3 is 88.5 Å². The Morgan fingerprint density at radius 3 is 1.11 bits per heavy atom. The first-order valence-corrected chi connectivity index (χ1v) is 8.02. The van der Waals surface area contributed by atoms with E-state index in [1.807, 2.05) is 0 Å². The fraction of sp³-hybridized carbons (Fsp3) is 0. The van der Waals surface area contributed by atoms with Gasteiger partial charge in [-0.3, -0.25) is 0 Å². The monoisotopic (exact) mass is 454 g/mol. The van der Waals surface area contributed by atoms with Crippen LogP contribution >= 0.6 is 58.0 Å². The molecule has 19 heavy (non-hydrogen) atoms. The first kappa shape index (κ1) is 26.4. The average Bonchev–Trinajstić information content (AvgIpc) is 2.18. The van der Waals surface area contributed by atoms with Crippen molar-refractivity contribution in [3.8, 4) is 5.75 Å². The number of benzene rings is 1. The van der Waals surface area contributed by atoms with E-state index in [4.69, 9.17) is 74.1 Å². The summed E-state index contributed by atoms with van der Waals surface area (Å²) in [5.41, 5.74) is 0. The van der Waals surface area contributed by atoms with Crippen LogP contribution in [0.3, 0.4) is 0 Å². The summed E-state index contributed by atoms with van der Waals surface area (Å²) in [6.07, 6.45) is 0. The zero-order valence-corrected chi connectivity index (χ0v) is 18.9. The molecule has 1 rings (SSSR count). The number of phenolic OH excluding ortho intramolecular Hbond substituents is 1. The van der Waals surface area contributed by atoms with Crippen molar-refractivity contribution in [3.05, 3.63) is 25.1 Å². The number of hydrogen-bond donors (Lipinski definition) is 1. The van der Waals surface area contributed by atoms with Crippen molar-refractivity contribution in [1.82, 2.24) is 0 Å². The molecule has 1 aromatic rings. The van der Waals surface area contributed by atoms with E-state index >= 15 is 0 Å². The molecule has 0 saturated carbocycles. The van der Waals surface area contributed by atoms with Gasteiger partial charge in [0.25, 0.3) is 0 Å². The van der Waals surface area contributed by atoms with Gasteiger partial charge in [-0.25, -0.2) is 0 Å². The van der Waals surface area contributed by atoms with E-state index in [1.165, 1.54) is 0 Å². The predicted octanol–water partition coefficient (Wildman–Crippen LogP) is -4.33. The quantitative estimate of drug-likeness (QED) is 0.242. The van der Waals surface area contributed by atoms with Crippen LogP contribution in [0, 0.1) is 0 Å². The fourth-order valence-corrected chi connectivity index (χ4v) is 1.72. The molecule has 0 radical (unpaired) electrons. The van der Waals surface area contributed by atoms with Gasteiger partial charge in [-0.2, -0.15) is 0 Å². The second-order valence-electron chi connectivity index (χ2n) is 2.33. The molecule has 0 atom stereocenters. The maximum Gasteiger partial charge on any atom is 1.00 e. The molecular weight excluding hydrogens is 454 g/mol. The number of rotatable bonds is 0. The molecule has 0 unspecified atom stereocenters. The normalized spacial score (nSPS) is 9.63. The van der Waals surface area contributed by atoms with E-state index in [9.17, 15) is 5.11 Å². The number of halogens is 5. The maximum absolute atomic E-state index is 9.20. The topological polar surface area (TPSA) is 100 Å². The molecular formula is C6HCl5Na2O5Se. The van der Waals surface area contributed by atoms with Crippen LogP contribution in [0.4, 0.5) is 0 Å². The Hall–Kier alpha value is 2.51. The van der Waals surface area contributed by atoms with Crippen molar-refractivity contribution < 1.29 is 80.3 Å². The van der Waals surface area contributed by atoms with Gasteiger partial charge in [0.15, 0.2) is 5.75 Å². The minimum atomic E-state index is -5.75. The van der Waals surface area contributed by atoms with Gasteiger partial charge in [-0.15, -0.1) is 0 Å². The van der Waals surface area contributed by atoms with Gasteiger partial charge in [0.05, 0.1) is 15.1 Å². The van der Waals surface area contributed by atoms with Gasteiger partial charge in [0.2, 0.25) is 0 Å². The number of hydrogen-bond acceptors (Lipinski definition) is 5. The summed E-state index contributed by atoms with van der Waals surface area (Å²) in [5, 5.41) is 9.01. The molecule has 0 bridgehead atoms. The summed E-state index contributed by atoms with van der Waals surface area (Å²) in [4.78, 5) is 0. The minimum absolute atomic E-state index is 0. The number of aromatic hydroxyl groups is 1. The van der Waals surface area contributed by atoms with E-state index in [-0.39, 0.29) is 90.0 Å². The van der Waals surface area contributed by atoms with E-state index in [0.29, 0.717) is 0 Å². The van der Waals surface area contributed by atoms with Crippen LogP contribution in [-0.2, 0) is 7.67 Å². The van der Waals surface area contributed by atoms with E-state index in [1.54, 1.807) is 0 Å². The standard InChI is InChI=1S/C6HCl5O.2Na.H2O4Se/c7-1-2(8)4(10)6(12)5(11)3(1)9;;;1-5(2,3)4/h12H;;;(H2,1,2,3,4)/q;2*+1;/p-2. The third-order valence-electron chi connectivity index (χ3n) is 1.19. The summed E-state index contributed by atoms with van der Waals surface area (Å²) in [6, 6.07) is 0. The maximum atomic E-state index is 9.20. The van der Waals surface area contributed by atoms with E-state index < -0.39 is 13.4 Å². The van der Waals surface area contributed by atoms with Gasteiger partial charge in [-0.1, -0.05) is 58.0 Å². The first-order valence-electron chi connectivity index (χ1n) is 3.34. The molecule has 98 valence electrons. The van der Waals surface area contributed by atoms with Gasteiger partial charge in [-0.05, 0) is 0 Å². The molecule has 0 fully saturated rings. The van der Waals surface area contributed by atoms with Crippen molar-refractivity contribution >= 4 is 71.4 Å². The predicted molar refractivity (Wildman–Crippen MR) is 60.3 cm³/mol. The molecule has 1 N–H and O–H groups in total. The average molecular weight is 455 g/mol. The largest absolute Gasteiger partial charge is 1.00 e. The molecule has 0 amide bonds. The second kappa shape index (κ2) is 11.1. The zero-order chi connectivity index (χ0) is 14.0. The Labute approximate surface area is 180 Å². The van der Waals surface area contributed by atoms with Gasteiger partial charge in [0, 0.05) is 0 Å². The molecule has 0 saturated heterocycles. The van der Waals surface area contributed by atoms with Gasteiger partial charge in [0.1, 0.15) is 10.0 Å². The smallest absolute Gasteiger partial charge is 0.505 e. The molecule has 1 aromatic carbocycles. The Kier molecular flexibility index (Phi) is 15.4. The van der Waals surface area contributed by atoms with Crippen LogP contribution in [-0.4, -0.2) is 18.5 Å². The Morgan fingerprint density at radius 2 is 0.895 bits per heavy atom. The summed E-state index contributed by atoms with van der Waals surface area (Å²) < 4.78 is 34.4. The minimum Gasteiger partial charge on any atom is -0.505 e. The Morgan fingerprint density at radius 1 is 0.737 bits per heavy atom. The van der Waals surface area contributed by atoms with E-state index in [2.05, 4.69) is 0 Å². The summed E-state index contributed by atoms with van der Waals surface area (Å²) in [6.45, 7) is 0. The van der Waals surface area contributed by atoms with Crippen LogP contribution in [0.15, 0.2) is 0 Å². The van der Waals surface area contributed by atoms with Crippen LogP contribution in [0.25, 0.3) is 0 Å². The van der Waals surface area contributed by atoms with Crippen molar-refractivity contribution in [2.24, 2.45) is 0 Å². The molecule has 0 aliphatic carbocycles. The summed E-state index contributed by atoms with van der Waals surface area (Å²) >= 11 is 22.2. The van der Waals surface area contributed by atoms with Gasteiger partial charge < -0.3 is 5.11 Å². The number of phenols is 1. The SMILES string of the molecule is O=[Se](=O)([O-])[O-].Oc1c(Cl)c(Cl)c(Cl)c(Cl)c1Cl.[Na+].[Na+]. The molecule has 0 aliphatic rings. The second-order valence-corrected chi connectivity index (χ2v) is 5.93.